The molecule has 0 atom stereocenters. The molecule has 35 heavy (non-hydrogen) atoms. The van der Waals surface area contributed by atoms with Crippen molar-refractivity contribution in [3.63, 3.8) is 0 Å². The van der Waals surface area contributed by atoms with Crippen LogP contribution in [0.3, 0.4) is 0 Å². The summed E-state index contributed by atoms with van der Waals surface area (Å²) in [6, 6.07) is 12.8. The zero-order valence-corrected chi connectivity index (χ0v) is 20.8. The molecule has 0 saturated carbocycles. The number of amidine groups is 1. The van der Waals surface area contributed by atoms with Gasteiger partial charge in [-0.15, -0.1) is 11.3 Å². The van der Waals surface area contributed by atoms with E-state index in [0.29, 0.717) is 33.8 Å². The topological polar surface area (TPSA) is 145 Å². The van der Waals surface area contributed by atoms with Gasteiger partial charge in [-0.3, -0.25) is 15.0 Å². The lowest BCUT2D eigenvalue weighted by Gasteiger charge is -2.19. The number of aryl methyl sites for hydroxylation is 1. The van der Waals surface area contributed by atoms with Gasteiger partial charge >= 0.3 is 5.97 Å². The Kier molecular flexibility index (Phi) is 7.40. The van der Waals surface area contributed by atoms with E-state index in [1.807, 2.05) is 27.7 Å². The molecule has 9 heteroatoms. The van der Waals surface area contributed by atoms with E-state index in [0.717, 1.165) is 4.88 Å². The molecule has 0 unspecified atom stereocenters. The Hall–Kier alpha value is -3.98. The second kappa shape index (κ2) is 10.1. The van der Waals surface area contributed by atoms with Crippen LogP contribution in [0.25, 0.3) is 11.1 Å². The fourth-order valence-corrected chi connectivity index (χ4v) is 4.27. The summed E-state index contributed by atoms with van der Waals surface area (Å²) in [5.74, 6) is -2.02. The number of amides is 2. The van der Waals surface area contributed by atoms with Crippen LogP contribution in [-0.2, 0) is 0 Å². The molecule has 0 radical (unpaired) electrons. The number of thiophene rings is 1. The molecule has 1 aromatic heterocycles. The number of carbonyl (C=O) groups is 3. The molecule has 6 N–H and O–H groups in total. The van der Waals surface area contributed by atoms with Gasteiger partial charge in [0.05, 0.1) is 5.56 Å². The number of hydrogen-bond donors (Lipinski definition) is 5. The number of carboxylic acids is 1. The molecule has 0 aliphatic carbocycles. The molecule has 182 valence electrons. The van der Waals surface area contributed by atoms with Gasteiger partial charge in [-0.2, -0.15) is 0 Å². The van der Waals surface area contributed by atoms with Crippen LogP contribution >= 0.6 is 11.3 Å². The van der Waals surface area contributed by atoms with Gasteiger partial charge in [-0.1, -0.05) is 26.8 Å². The first-order chi connectivity index (χ1) is 16.4. The molecule has 8 nitrogen and oxygen atoms in total. The van der Waals surface area contributed by atoms with Gasteiger partial charge < -0.3 is 21.5 Å². The number of nitrogen functional groups attached to an aromatic ring is 1. The largest absolute Gasteiger partial charge is 0.478 e. The summed E-state index contributed by atoms with van der Waals surface area (Å²) in [7, 11) is 0. The maximum atomic E-state index is 13.1. The number of hydrogen-bond acceptors (Lipinski definition) is 5. The SMILES string of the molecule is Cc1cc(-c2ccc(C(=O)NCC(C)(C)C)cc2C(=O)O)c(C(=O)Nc2ccc(C(=N)N)cc2)s1. The number of carboxylic acid groups (broad SMARTS) is 1. The summed E-state index contributed by atoms with van der Waals surface area (Å²) in [6.07, 6.45) is 0. The van der Waals surface area contributed by atoms with Crippen LogP contribution in [0, 0.1) is 17.7 Å². The summed E-state index contributed by atoms with van der Waals surface area (Å²) in [5.41, 5.74) is 7.41. The fourth-order valence-electron chi connectivity index (χ4n) is 3.35. The lowest BCUT2D eigenvalue weighted by molar-refractivity contribution is 0.0697. The molecule has 3 aromatic rings. The van der Waals surface area contributed by atoms with Crippen LogP contribution in [0.5, 0.6) is 0 Å². The number of aromatic carboxylic acids is 1. The number of rotatable bonds is 7. The van der Waals surface area contributed by atoms with E-state index in [-0.39, 0.29) is 28.3 Å². The van der Waals surface area contributed by atoms with E-state index >= 15 is 0 Å². The van der Waals surface area contributed by atoms with Gasteiger partial charge in [0.25, 0.3) is 11.8 Å². The van der Waals surface area contributed by atoms with Crippen molar-refractivity contribution in [2.24, 2.45) is 11.1 Å². The average Bonchev–Trinajstić information content (AvgIpc) is 3.18. The van der Waals surface area contributed by atoms with E-state index < -0.39 is 11.9 Å². The number of carbonyl (C=O) groups excluding carboxylic acids is 2. The zero-order valence-electron chi connectivity index (χ0n) is 20.0. The first kappa shape index (κ1) is 25.6. The number of nitrogens with one attached hydrogen (secondary N) is 3. The van der Waals surface area contributed by atoms with E-state index in [4.69, 9.17) is 11.1 Å². The summed E-state index contributed by atoms with van der Waals surface area (Å²) in [5, 5.41) is 23.0. The van der Waals surface area contributed by atoms with Crippen molar-refractivity contribution in [3.8, 4) is 11.1 Å². The minimum absolute atomic E-state index is 0.0638. The number of nitrogens with two attached hydrogens (primary N) is 1. The van der Waals surface area contributed by atoms with Crippen LogP contribution in [0.15, 0.2) is 48.5 Å². The van der Waals surface area contributed by atoms with Gasteiger partial charge in [0.1, 0.15) is 10.7 Å². The molecule has 2 aromatic carbocycles. The molecule has 1 heterocycles. The predicted molar refractivity (Wildman–Crippen MR) is 139 cm³/mol. The summed E-state index contributed by atoms with van der Waals surface area (Å²) >= 11 is 1.25. The van der Waals surface area contributed by atoms with E-state index in [1.54, 1.807) is 42.5 Å². The van der Waals surface area contributed by atoms with Crippen molar-refractivity contribution >= 4 is 40.6 Å². The Labute approximate surface area is 207 Å². The highest BCUT2D eigenvalue weighted by molar-refractivity contribution is 7.14. The van der Waals surface area contributed by atoms with Crippen molar-refractivity contribution in [3.05, 3.63) is 75.0 Å². The molecule has 0 aliphatic heterocycles. The number of benzene rings is 2. The minimum atomic E-state index is -1.19. The van der Waals surface area contributed by atoms with E-state index in [2.05, 4.69) is 10.6 Å². The van der Waals surface area contributed by atoms with Crippen molar-refractivity contribution in [2.75, 3.05) is 11.9 Å². The zero-order chi connectivity index (χ0) is 25.9. The molecule has 0 aliphatic rings. The van der Waals surface area contributed by atoms with E-state index in [9.17, 15) is 19.5 Å². The van der Waals surface area contributed by atoms with Crippen molar-refractivity contribution in [1.29, 1.82) is 5.41 Å². The minimum Gasteiger partial charge on any atom is -0.478 e. The van der Waals surface area contributed by atoms with Gasteiger partial charge in [0.15, 0.2) is 0 Å². The summed E-state index contributed by atoms with van der Waals surface area (Å²) in [4.78, 5) is 39.0. The lowest BCUT2D eigenvalue weighted by Crippen LogP contribution is -2.32. The first-order valence-electron chi connectivity index (χ1n) is 10.9. The maximum Gasteiger partial charge on any atom is 0.336 e. The highest BCUT2D eigenvalue weighted by Crippen LogP contribution is 2.35. The molecule has 0 bridgehead atoms. The Morgan fingerprint density at radius 1 is 0.971 bits per heavy atom. The molecular formula is C26H28N4O4S. The average molecular weight is 493 g/mol. The highest BCUT2D eigenvalue weighted by atomic mass is 32.1. The fraction of sp³-hybridized carbons (Fsp3) is 0.231. The molecular weight excluding hydrogens is 464 g/mol. The van der Waals surface area contributed by atoms with Crippen LogP contribution in [0.2, 0.25) is 0 Å². The molecule has 0 saturated heterocycles. The summed E-state index contributed by atoms with van der Waals surface area (Å²) in [6.45, 7) is 8.24. The maximum absolute atomic E-state index is 13.1. The Bertz CT molecular complexity index is 1300. The summed E-state index contributed by atoms with van der Waals surface area (Å²) < 4.78 is 0. The second-order valence-electron chi connectivity index (χ2n) is 9.35. The monoisotopic (exact) mass is 492 g/mol. The smallest absolute Gasteiger partial charge is 0.336 e. The molecule has 0 fully saturated rings. The third kappa shape index (κ3) is 6.33. The van der Waals surface area contributed by atoms with Gasteiger partial charge in [-0.25, -0.2) is 4.79 Å². The van der Waals surface area contributed by atoms with Crippen LogP contribution < -0.4 is 16.4 Å². The second-order valence-corrected chi connectivity index (χ2v) is 10.6. The van der Waals surface area contributed by atoms with Crippen molar-refractivity contribution in [2.45, 2.75) is 27.7 Å². The third-order valence-corrected chi connectivity index (χ3v) is 6.15. The Morgan fingerprint density at radius 2 is 1.60 bits per heavy atom. The quantitative estimate of drug-likeness (QED) is 0.239. The van der Waals surface area contributed by atoms with Crippen LogP contribution in [0.1, 0.15) is 61.6 Å². The normalized spacial score (nSPS) is 11.1. The Balaban J connectivity index is 1.93. The molecule has 2 amide bonds. The van der Waals surface area contributed by atoms with Gasteiger partial charge in [-0.05, 0) is 60.4 Å². The number of anilines is 1. The lowest BCUT2D eigenvalue weighted by atomic mass is 9.95. The highest BCUT2D eigenvalue weighted by Gasteiger charge is 2.23. The Morgan fingerprint density at radius 3 is 2.17 bits per heavy atom. The van der Waals surface area contributed by atoms with E-state index in [1.165, 1.54) is 17.4 Å². The molecule has 0 spiro atoms. The van der Waals surface area contributed by atoms with Gasteiger partial charge in [0.2, 0.25) is 0 Å². The van der Waals surface area contributed by atoms with Crippen molar-refractivity contribution in [1.82, 2.24) is 5.32 Å². The molecule has 3 rings (SSSR count). The first-order valence-corrected chi connectivity index (χ1v) is 11.7. The predicted octanol–water partition coefficient (Wildman–Crippen LogP) is 4.73. The van der Waals surface area contributed by atoms with Crippen LogP contribution in [-0.4, -0.2) is 35.3 Å². The van der Waals surface area contributed by atoms with Crippen molar-refractivity contribution < 1.29 is 19.5 Å². The van der Waals surface area contributed by atoms with Crippen LogP contribution in [0.4, 0.5) is 5.69 Å². The third-order valence-electron chi connectivity index (χ3n) is 5.10. The standard InChI is InChI=1S/C26H28N4O4S/c1-14-11-19(21(35-14)24(32)30-17-8-5-15(6-9-17)22(27)28)18-10-7-16(12-20(18)25(33)34)23(31)29-13-26(2,3)4/h5-12H,13H2,1-4H3,(H3,27,28)(H,29,31)(H,30,32)(H,33,34). The van der Waals surface area contributed by atoms with Gasteiger partial charge in [0, 0.05) is 33.8 Å².